The highest BCUT2D eigenvalue weighted by molar-refractivity contribution is 6.04. The summed E-state index contributed by atoms with van der Waals surface area (Å²) in [6, 6.07) is 20.2. The highest BCUT2D eigenvalue weighted by Gasteiger charge is 2.61. The second-order valence-corrected chi connectivity index (χ2v) is 10.2. The van der Waals surface area contributed by atoms with Crippen molar-refractivity contribution in [2.75, 3.05) is 0 Å². The van der Waals surface area contributed by atoms with Gasteiger partial charge in [0.2, 0.25) is 11.8 Å². The van der Waals surface area contributed by atoms with Crippen molar-refractivity contribution in [3.63, 3.8) is 0 Å². The number of carbonyl (C=O) groups excluding carboxylic acids is 2. The van der Waals surface area contributed by atoms with Crippen LogP contribution in [0.3, 0.4) is 0 Å². The zero-order valence-electron chi connectivity index (χ0n) is 18.2. The molecule has 5 rings (SSSR count). The molecule has 1 saturated heterocycles. The van der Waals surface area contributed by atoms with E-state index in [2.05, 4.69) is 36.5 Å². The van der Waals surface area contributed by atoms with Gasteiger partial charge in [0.25, 0.3) is 0 Å². The number of rotatable bonds is 3. The maximum absolute atomic E-state index is 12.7. The van der Waals surface area contributed by atoms with Gasteiger partial charge in [-0.1, -0.05) is 81.4 Å². The summed E-state index contributed by atoms with van der Waals surface area (Å²) in [5, 5.41) is 2.60. The quantitative estimate of drug-likeness (QED) is 0.734. The zero-order valence-corrected chi connectivity index (χ0v) is 18.2. The molecule has 0 spiro atoms. The van der Waals surface area contributed by atoms with Crippen molar-refractivity contribution >= 4 is 17.7 Å². The lowest BCUT2D eigenvalue weighted by molar-refractivity contribution is -0.158. The first kappa shape index (κ1) is 20.0. The van der Waals surface area contributed by atoms with E-state index in [9.17, 15) is 9.59 Å². The standard InChI is InChI=1S/C26H28N2O3/c1-24-14-25(2,22(30)28-21(24)29)16-26(3,15-24)23-27-19(17-10-6-4-7-11-17)20(31-23)18-12-8-5-9-13-18/h4-13,19-20H,14-16H2,1-3H3,(H,28,29,30)/t19-,20-,24?,25?,26?/m0/s1. The Morgan fingerprint density at radius 3 is 1.81 bits per heavy atom. The Morgan fingerprint density at radius 2 is 1.26 bits per heavy atom. The first-order chi connectivity index (χ1) is 14.7. The largest absolute Gasteiger partial charge is 0.470 e. The number of amides is 2. The van der Waals surface area contributed by atoms with Crippen molar-refractivity contribution in [3.05, 3.63) is 71.8 Å². The van der Waals surface area contributed by atoms with Crippen molar-refractivity contribution in [2.24, 2.45) is 21.2 Å². The number of piperidine rings is 1. The van der Waals surface area contributed by atoms with Crippen LogP contribution in [0.5, 0.6) is 0 Å². The third kappa shape index (κ3) is 3.18. The van der Waals surface area contributed by atoms with Crippen molar-refractivity contribution in [1.82, 2.24) is 5.32 Å². The van der Waals surface area contributed by atoms with Crippen molar-refractivity contribution in [1.29, 1.82) is 0 Å². The van der Waals surface area contributed by atoms with Crippen LogP contribution < -0.4 is 5.32 Å². The summed E-state index contributed by atoms with van der Waals surface area (Å²) in [5.74, 6) is 0.298. The number of imide groups is 1. The van der Waals surface area contributed by atoms with E-state index in [4.69, 9.17) is 9.73 Å². The second-order valence-electron chi connectivity index (χ2n) is 10.2. The van der Waals surface area contributed by atoms with E-state index in [0.29, 0.717) is 25.2 Å². The lowest BCUT2D eigenvalue weighted by Crippen LogP contribution is -2.62. The van der Waals surface area contributed by atoms with Crippen LogP contribution in [0.25, 0.3) is 0 Å². The van der Waals surface area contributed by atoms with Gasteiger partial charge < -0.3 is 4.74 Å². The maximum atomic E-state index is 12.7. The van der Waals surface area contributed by atoms with Gasteiger partial charge >= 0.3 is 0 Å². The fourth-order valence-corrected chi connectivity index (χ4v) is 6.15. The number of benzene rings is 2. The predicted octanol–water partition coefficient (Wildman–Crippen LogP) is 4.76. The summed E-state index contributed by atoms with van der Waals surface area (Å²) >= 11 is 0. The molecule has 2 amide bonds. The summed E-state index contributed by atoms with van der Waals surface area (Å²) in [5.41, 5.74) is 0.438. The molecule has 2 heterocycles. The number of aliphatic imine (C=N–C) groups is 1. The smallest absolute Gasteiger partial charge is 0.232 e. The molecule has 2 aliphatic heterocycles. The number of nitrogens with one attached hydrogen (secondary N) is 1. The second kappa shape index (κ2) is 6.78. The molecule has 3 aliphatic rings. The van der Waals surface area contributed by atoms with Gasteiger partial charge in [-0.2, -0.15) is 0 Å². The molecule has 2 aromatic rings. The van der Waals surface area contributed by atoms with E-state index in [1.54, 1.807) is 0 Å². The number of hydrogen-bond acceptors (Lipinski definition) is 4. The minimum Gasteiger partial charge on any atom is -0.470 e. The monoisotopic (exact) mass is 416 g/mol. The van der Waals surface area contributed by atoms with Crippen LogP contribution in [0.4, 0.5) is 0 Å². The minimum atomic E-state index is -0.616. The van der Waals surface area contributed by atoms with Crippen molar-refractivity contribution in [3.8, 4) is 0 Å². The molecule has 0 radical (unpaired) electrons. The lowest BCUT2D eigenvalue weighted by atomic mass is 9.52. The minimum absolute atomic E-state index is 0.165. The molecule has 5 nitrogen and oxygen atoms in total. The molecule has 1 aliphatic carbocycles. The number of hydrogen-bond donors (Lipinski definition) is 1. The third-order valence-electron chi connectivity index (χ3n) is 7.23. The molecule has 31 heavy (non-hydrogen) atoms. The summed E-state index contributed by atoms with van der Waals surface area (Å²) in [6.45, 7) is 6.02. The fourth-order valence-electron chi connectivity index (χ4n) is 6.15. The highest BCUT2D eigenvalue weighted by atomic mass is 16.5. The van der Waals surface area contributed by atoms with Crippen LogP contribution in [-0.4, -0.2) is 17.7 Å². The van der Waals surface area contributed by atoms with Gasteiger partial charge in [0.1, 0.15) is 6.04 Å². The number of ether oxygens (including phenoxy) is 1. The Kier molecular flexibility index (Phi) is 4.37. The topological polar surface area (TPSA) is 67.8 Å². The SMILES string of the molecule is CC12CC(C)(CC(C)(C3=N[C@@H](c4ccccc4)[C@H](c4ccccc4)O3)C1)C(=O)NC2=O. The molecule has 2 fully saturated rings. The fraction of sp³-hybridized carbons (Fsp3) is 0.423. The van der Waals surface area contributed by atoms with Gasteiger partial charge in [-0.25, -0.2) is 4.99 Å². The van der Waals surface area contributed by atoms with Gasteiger partial charge in [0.05, 0.1) is 0 Å². The third-order valence-corrected chi connectivity index (χ3v) is 7.23. The summed E-state index contributed by atoms with van der Waals surface area (Å²) < 4.78 is 6.59. The van der Waals surface area contributed by atoms with Crippen LogP contribution >= 0.6 is 0 Å². The van der Waals surface area contributed by atoms with E-state index in [-0.39, 0.29) is 24.0 Å². The van der Waals surface area contributed by atoms with Gasteiger partial charge in [-0.15, -0.1) is 0 Å². The highest BCUT2D eigenvalue weighted by Crippen LogP contribution is 2.59. The Balaban J connectivity index is 1.56. The number of fused-ring (bicyclic) bond motifs is 2. The molecule has 1 N–H and O–H groups in total. The van der Waals surface area contributed by atoms with Crippen LogP contribution in [0.2, 0.25) is 0 Å². The molecule has 2 bridgehead atoms. The van der Waals surface area contributed by atoms with E-state index in [1.165, 1.54) is 0 Å². The summed E-state index contributed by atoms with van der Waals surface area (Å²) in [6.07, 6.45) is 1.55. The van der Waals surface area contributed by atoms with Gasteiger partial charge in [-0.3, -0.25) is 14.9 Å². The average Bonchev–Trinajstić information content (AvgIpc) is 3.20. The van der Waals surface area contributed by atoms with Crippen LogP contribution in [-0.2, 0) is 14.3 Å². The average molecular weight is 417 g/mol. The molecule has 2 aromatic carbocycles. The molecule has 5 heteroatoms. The van der Waals surface area contributed by atoms with Crippen LogP contribution in [0, 0.1) is 16.2 Å². The van der Waals surface area contributed by atoms with Crippen LogP contribution in [0.1, 0.15) is 63.3 Å². The Hall–Kier alpha value is -2.95. The molecular weight excluding hydrogens is 388 g/mol. The van der Waals surface area contributed by atoms with Gasteiger partial charge in [-0.05, 0) is 30.4 Å². The Labute approximate surface area is 182 Å². The number of nitrogens with zero attached hydrogens (tertiary/aromatic N) is 1. The molecule has 0 aromatic heterocycles. The van der Waals surface area contributed by atoms with E-state index >= 15 is 0 Å². The van der Waals surface area contributed by atoms with E-state index in [1.807, 2.05) is 50.2 Å². The molecule has 1 saturated carbocycles. The lowest BCUT2D eigenvalue weighted by Gasteiger charge is -2.53. The van der Waals surface area contributed by atoms with Crippen LogP contribution in [0.15, 0.2) is 65.7 Å². The Bertz CT molecular complexity index is 1040. The first-order valence-corrected chi connectivity index (χ1v) is 10.9. The zero-order chi connectivity index (χ0) is 21.9. The van der Waals surface area contributed by atoms with Gasteiger partial charge in [0, 0.05) is 16.2 Å². The Morgan fingerprint density at radius 1 is 0.774 bits per heavy atom. The first-order valence-electron chi connectivity index (χ1n) is 10.9. The molecule has 4 atom stereocenters. The molecule has 2 unspecified atom stereocenters. The van der Waals surface area contributed by atoms with Crippen molar-refractivity contribution < 1.29 is 14.3 Å². The molecule has 160 valence electrons. The van der Waals surface area contributed by atoms with Crippen molar-refractivity contribution in [2.45, 2.75) is 52.2 Å². The molecular formula is C26H28N2O3. The number of carbonyl (C=O) groups is 2. The van der Waals surface area contributed by atoms with Gasteiger partial charge in [0.15, 0.2) is 12.0 Å². The normalized spacial score (nSPS) is 37.1. The maximum Gasteiger partial charge on any atom is 0.232 e. The summed E-state index contributed by atoms with van der Waals surface area (Å²) in [7, 11) is 0. The van der Waals surface area contributed by atoms with E-state index < -0.39 is 16.2 Å². The summed E-state index contributed by atoms with van der Waals surface area (Å²) in [4.78, 5) is 30.6. The predicted molar refractivity (Wildman–Crippen MR) is 118 cm³/mol. The van der Waals surface area contributed by atoms with E-state index in [0.717, 1.165) is 11.1 Å².